The zero-order valence-electron chi connectivity index (χ0n) is 11.9. The summed E-state index contributed by atoms with van der Waals surface area (Å²) in [5, 5.41) is 12.1. The van der Waals surface area contributed by atoms with E-state index in [1.54, 1.807) is 24.3 Å². The molecule has 0 radical (unpaired) electrons. The number of benzene rings is 1. The summed E-state index contributed by atoms with van der Waals surface area (Å²) in [4.78, 5) is 12.0. The van der Waals surface area contributed by atoms with Gasteiger partial charge in [0.2, 0.25) is 0 Å². The molecule has 0 spiro atoms. The highest BCUT2D eigenvalue weighted by molar-refractivity contribution is 5.94. The second-order valence-electron chi connectivity index (χ2n) is 4.90. The van der Waals surface area contributed by atoms with Crippen molar-refractivity contribution in [3.8, 4) is 5.75 Å². The van der Waals surface area contributed by atoms with Crippen LogP contribution in [0.4, 0.5) is 0 Å². The fraction of sp³-hybridized carbons (Fsp3) is 0.533. The molecule has 0 aromatic heterocycles. The van der Waals surface area contributed by atoms with E-state index in [1.165, 1.54) is 0 Å². The molecule has 0 heterocycles. The Hall–Kier alpha value is -1.55. The molecular weight excluding hydrogens is 242 g/mol. The van der Waals surface area contributed by atoms with Crippen LogP contribution >= 0.6 is 0 Å². The molecule has 106 valence electrons. The molecule has 0 fully saturated rings. The van der Waals surface area contributed by atoms with Gasteiger partial charge in [-0.15, -0.1) is 0 Å². The number of hydrogen-bond donors (Lipinski definition) is 2. The maximum Gasteiger partial charge on any atom is 0.251 e. The Bertz CT molecular complexity index is 396. The molecule has 19 heavy (non-hydrogen) atoms. The van der Waals surface area contributed by atoms with Crippen molar-refractivity contribution < 1.29 is 14.6 Å². The minimum Gasteiger partial charge on any atom is -0.494 e. The number of aliphatic hydroxyl groups is 1. The van der Waals surface area contributed by atoms with Crippen LogP contribution < -0.4 is 10.1 Å². The minimum atomic E-state index is -0.575. The van der Waals surface area contributed by atoms with Crippen LogP contribution in [0.2, 0.25) is 0 Å². The molecule has 1 amide bonds. The van der Waals surface area contributed by atoms with Crippen molar-refractivity contribution in [1.82, 2.24) is 5.32 Å². The third kappa shape index (κ3) is 4.56. The maximum atomic E-state index is 12.0. The van der Waals surface area contributed by atoms with Crippen molar-refractivity contribution >= 4 is 5.91 Å². The average Bonchev–Trinajstić information content (AvgIpc) is 2.45. The van der Waals surface area contributed by atoms with Gasteiger partial charge < -0.3 is 15.2 Å². The van der Waals surface area contributed by atoms with Crippen LogP contribution in [0.3, 0.4) is 0 Å². The molecule has 1 rings (SSSR count). The molecule has 2 N–H and O–H groups in total. The zero-order chi connectivity index (χ0) is 14.3. The SMILES string of the molecule is CCCOc1ccc(C(=O)NC(C)(CC)CO)cc1. The van der Waals surface area contributed by atoms with Gasteiger partial charge in [-0.25, -0.2) is 0 Å². The van der Waals surface area contributed by atoms with Gasteiger partial charge in [0, 0.05) is 5.56 Å². The van der Waals surface area contributed by atoms with Crippen molar-refractivity contribution in [1.29, 1.82) is 0 Å². The number of hydrogen-bond acceptors (Lipinski definition) is 3. The van der Waals surface area contributed by atoms with E-state index in [4.69, 9.17) is 4.74 Å². The van der Waals surface area contributed by atoms with Crippen molar-refractivity contribution in [3.63, 3.8) is 0 Å². The molecule has 1 unspecified atom stereocenters. The van der Waals surface area contributed by atoms with Gasteiger partial charge in [0.15, 0.2) is 0 Å². The predicted molar refractivity (Wildman–Crippen MR) is 75.5 cm³/mol. The molecular formula is C15H23NO3. The molecule has 0 bridgehead atoms. The molecule has 0 aliphatic carbocycles. The number of carbonyl (C=O) groups excluding carboxylic acids is 1. The van der Waals surface area contributed by atoms with E-state index in [-0.39, 0.29) is 12.5 Å². The standard InChI is InChI=1S/C15H23NO3/c1-4-10-19-13-8-6-12(7-9-13)14(18)16-15(3,5-2)11-17/h6-9,17H,4-5,10-11H2,1-3H3,(H,16,18). The summed E-state index contributed by atoms with van der Waals surface area (Å²) in [5.41, 5.74) is -0.00829. The number of carbonyl (C=O) groups is 1. The largest absolute Gasteiger partial charge is 0.494 e. The number of ether oxygens (including phenoxy) is 1. The lowest BCUT2D eigenvalue weighted by atomic mass is 9.99. The molecule has 0 saturated carbocycles. The van der Waals surface area contributed by atoms with Crippen LogP contribution in [-0.4, -0.2) is 29.8 Å². The summed E-state index contributed by atoms with van der Waals surface area (Å²) in [7, 11) is 0. The predicted octanol–water partition coefficient (Wildman–Crippen LogP) is 2.37. The monoisotopic (exact) mass is 265 g/mol. The minimum absolute atomic E-state index is 0.0765. The third-order valence-electron chi connectivity index (χ3n) is 3.13. The van der Waals surface area contributed by atoms with E-state index in [1.807, 2.05) is 20.8 Å². The molecule has 4 nitrogen and oxygen atoms in total. The number of nitrogens with one attached hydrogen (secondary N) is 1. The van der Waals surface area contributed by atoms with E-state index >= 15 is 0 Å². The van der Waals surface area contributed by atoms with Gasteiger partial charge in [-0.2, -0.15) is 0 Å². The van der Waals surface area contributed by atoms with E-state index in [0.29, 0.717) is 18.6 Å². The summed E-state index contributed by atoms with van der Waals surface area (Å²) < 4.78 is 5.46. The van der Waals surface area contributed by atoms with Crippen molar-refractivity contribution in [2.75, 3.05) is 13.2 Å². The molecule has 1 aromatic rings. The summed E-state index contributed by atoms with van der Waals surface area (Å²) in [5.74, 6) is 0.583. The van der Waals surface area contributed by atoms with Gasteiger partial charge in [-0.3, -0.25) is 4.79 Å². The highest BCUT2D eigenvalue weighted by Gasteiger charge is 2.23. The van der Waals surface area contributed by atoms with Gasteiger partial charge in [0.1, 0.15) is 5.75 Å². The van der Waals surface area contributed by atoms with Crippen LogP contribution in [-0.2, 0) is 0 Å². The molecule has 1 aromatic carbocycles. The van der Waals surface area contributed by atoms with Gasteiger partial charge >= 0.3 is 0 Å². The smallest absolute Gasteiger partial charge is 0.251 e. The fourth-order valence-corrected chi connectivity index (χ4v) is 1.51. The first-order valence-electron chi connectivity index (χ1n) is 6.71. The molecule has 0 saturated heterocycles. The Kier molecular flexibility index (Phi) is 5.83. The van der Waals surface area contributed by atoms with E-state index in [0.717, 1.165) is 12.2 Å². The van der Waals surface area contributed by atoms with Gasteiger partial charge in [-0.1, -0.05) is 13.8 Å². The van der Waals surface area contributed by atoms with Crippen LogP contribution in [0.5, 0.6) is 5.75 Å². The number of amides is 1. The summed E-state index contributed by atoms with van der Waals surface area (Å²) in [6.45, 7) is 6.39. The van der Waals surface area contributed by atoms with Gasteiger partial charge in [0.05, 0.1) is 18.8 Å². The summed E-state index contributed by atoms with van der Waals surface area (Å²) in [6.07, 6.45) is 1.63. The molecule has 0 aliphatic heterocycles. The molecule has 0 aliphatic rings. The highest BCUT2D eigenvalue weighted by atomic mass is 16.5. The first-order valence-corrected chi connectivity index (χ1v) is 6.71. The Labute approximate surface area is 114 Å². The topological polar surface area (TPSA) is 58.6 Å². The van der Waals surface area contributed by atoms with Crippen LogP contribution in [0.25, 0.3) is 0 Å². The van der Waals surface area contributed by atoms with Gasteiger partial charge in [-0.05, 0) is 44.0 Å². The molecule has 1 atom stereocenters. The normalized spacial score (nSPS) is 13.7. The van der Waals surface area contributed by atoms with Gasteiger partial charge in [0.25, 0.3) is 5.91 Å². The summed E-state index contributed by atoms with van der Waals surface area (Å²) in [6, 6.07) is 7.03. The number of rotatable bonds is 7. The second kappa shape index (κ2) is 7.14. The first-order chi connectivity index (χ1) is 9.04. The Balaban J connectivity index is 2.67. The van der Waals surface area contributed by atoms with Crippen molar-refractivity contribution in [3.05, 3.63) is 29.8 Å². The lowest BCUT2D eigenvalue weighted by Gasteiger charge is -2.27. The van der Waals surface area contributed by atoms with E-state index in [9.17, 15) is 9.90 Å². The second-order valence-corrected chi connectivity index (χ2v) is 4.90. The first kappa shape index (κ1) is 15.5. The zero-order valence-corrected chi connectivity index (χ0v) is 11.9. The number of aliphatic hydroxyl groups excluding tert-OH is 1. The Morgan fingerprint density at radius 1 is 1.32 bits per heavy atom. The maximum absolute atomic E-state index is 12.0. The highest BCUT2D eigenvalue weighted by Crippen LogP contribution is 2.14. The summed E-state index contributed by atoms with van der Waals surface area (Å²) >= 11 is 0. The van der Waals surface area contributed by atoms with Crippen LogP contribution in [0.15, 0.2) is 24.3 Å². The van der Waals surface area contributed by atoms with E-state index < -0.39 is 5.54 Å². The van der Waals surface area contributed by atoms with Crippen LogP contribution in [0, 0.1) is 0 Å². The Morgan fingerprint density at radius 2 is 1.95 bits per heavy atom. The quantitative estimate of drug-likeness (QED) is 0.795. The molecule has 4 heteroatoms. The lowest BCUT2D eigenvalue weighted by molar-refractivity contribution is 0.0847. The van der Waals surface area contributed by atoms with Crippen LogP contribution in [0.1, 0.15) is 44.0 Å². The van der Waals surface area contributed by atoms with E-state index in [2.05, 4.69) is 5.32 Å². The van der Waals surface area contributed by atoms with Crippen molar-refractivity contribution in [2.24, 2.45) is 0 Å². The Morgan fingerprint density at radius 3 is 2.42 bits per heavy atom. The fourth-order valence-electron chi connectivity index (χ4n) is 1.51. The van der Waals surface area contributed by atoms with Crippen molar-refractivity contribution in [2.45, 2.75) is 39.2 Å². The third-order valence-corrected chi connectivity index (χ3v) is 3.13. The lowest BCUT2D eigenvalue weighted by Crippen LogP contribution is -2.48. The average molecular weight is 265 g/mol.